The van der Waals surface area contributed by atoms with E-state index >= 15 is 0 Å². The fraction of sp³-hybridized carbons (Fsp3) is 0.300. The van der Waals surface area contributed by atoms with Crippen LogP contribution in [0, 0.1) is 5.82 Å². The van der Waals surface area contributed by atoms with Gasteiger partial charge in [-0.3, -0.25) is 14.4 Å². The van der Waals surface area contributed by atoms with Crippen molar-refractivity contribution in [1.82, 2.24) is 25.0 Å². The topological polar surface area (TPSA) is 99.3 Å². The van der Waals surface area contributed by atoms with Crippen LogP contribution < -0.4 is 5.56 Å². The van der Waals surface area contributed by atoms with Crippen LogP contribution in [0.3, 0.4) is 0 Å². The molecule has 0 unspecified atom stereocenters. The number of piperazine rings is 1. The van der Waals surface area contributed by atoms with Gasteiger partial charge in [0.1, 0.15) is 11.5 Å². The molecule has 1 N–H and O–H groups in total. The van der Waals surface area contributed by atoms with Gasteiger partial charge in [-0.2, -0.15) is 5.10 Å². The summed E-state index contributed by atoms with van der Waals surface area (Å²) < 4.78 is 14.8. The number of carbonyl (C=O) groups excluding carboxylic acids is 2. The predicted molar refractivity (Wildman–Crippen MR) is 144 cm³/mol. The second kappa shape index (κ2) is 10.4. The van der Waals surface area contributed by atoms with E-state index in [0.717, 1.165) is 59.0 Å². The lowest BCUT2D eigenvalue weighted by molar-refractivity contribution is 0.0530. The number of hydrogen-bond acceptors (Lipinski definition) is 5. The largest absolute Gasteiger partial charge is 0.335 e. The van der Waals surface area contributed by atoms with E-state index in [1.165, 1.54) is 6.07 Å². The first kappa shape index (κ1) is 24.9. The number of benzene rings is 2. The van der Waals surface area contributed by atoms with Gasteiger partial charge in [0.15, 0.2) is 0 Å². The minimum absolute atomic E-state index is 0.00163. The highest BCUT2D eigenvalue weighted by Gasteiger charge is 2.28. The molecule has 6 rings (SSSR count). The number of fused-ring (bicyclic) bond motifs is 2. The normalized spacial score (nSPS) is 15.3. The van der Waals surface area contributed by atoms with Crippen molar-refractivity contribution in [3.63, 3.8) is 0 Å². The van der Waals surface area contributed by atoms with Gasteiger partial charge in [-0.05, 0) is 61.1 Å². The molecule has 0 atom stereocenters. The van der Waals surface area contributed by atoms with Crippen LogP contribution in [0.15, 0.2) is 59.4 Å². The summed E-state index contributed by atoms with van der Waals surface area (Å²) in [5, 5.41) is 7.82. The number of amides is 2. The summed E-state index contributed by atoms with van der Waals surface area (Å²) >= 11 is 0. The highest BCUT2D eigenvalue weighted by molar-refractivity contribution is 5.96. The van der Waals surface area contributed by atoms with Crippen molar-refractivity contribution < 1.29 is 14.0 Å². The lowest BCUT2D eigenvalue weighted by atomic mass is 9.90. The Balaban J connectivity index is 1.15. The maximum atomic E-state index is 14.8. The molecule has 1 saturated heterocycles. The molecule has 0 radical (unpaired) electrons. The molecule has 1 fully saturated rings. The van der Waals surface area contributed by atoms with Crippen LogP contribution in [-0.2, 0) is 19.3 Å². The number of aromatic nitrogens is 3. The predicted octanol–water partition coefficient (Wildman–Crippen LogP) is 3.53. The van der Waals surface area contributed by atoms with E-state index in [0.29, 0.717) is 38.3 Å². The van der Waals surface area contributed by atoms with Crippen LogP contribution >= 0.6 is 0 Å². The van der Waals surface area contributed by atoms with Gasteiger partial charge in [0.2, 0.25) is 0 Å². The number of halogens is 1. The number of H-pyrrole nitrogens is 1. The highest BCUT2D eigenvalue weighted by atomic mass is 19.1. The van der Waals surface area contributed by atoms with Gasteiger partial charge >= 0.3 is 0 Å². The van der Waals surface area contributed by atoms with E-state index in [-0.39, 0.29) is 17.0 Å². The standard InChI is InChI=1S/C30H28FN5O3/c31-24-11-9-19(18-27-21-6-2-3-7-22(21)28(37)34-33-27)17-23(24)29(38)35-13-15-36(16-14-35)30(39)26-12-10-20-5-1-4-8-25(20)32-26/h1,4-5,8-12,17H,2-3,6-7,13-16,18H2,(H,34,37). The molecule has 8 nitrogen and oxygen atoms in total. The number of carbonyl (C=O) groups is 2. The fourth-order valence-corrected chi connectivity index (χ4v) is 5.54. The monoisotopic (exact) mass is 525 g/mol. The summed E-state index contributed by atoms with van der Waals surface area (Å²) in [6.07, 6.45) is 3.92. The summed E-state index contributed by atoms with van der Waals surface area (Å²) in [6.45, 7) is 1.29. The number of para-hydroxylation sites is 1. The minimum Gasteiger partial charge on any atom is -0.335 e. The summed E-state index contributed by atoms with van der Waals surface area (Å²) in [5.74, 6) is -1.17. The number of nitrogens with one attached hydrogen (secondary N) is 1. The second-order valence-corrected chi connectivity index (χ2v) is 10.1. The van der Waals surface area contributed by atoms with E-state index < -0.39 is 11.7 Å². The van der Waals surface area contributed by atoms with Crippen molar-refractivity contribution in [3.05, 3.63) is 104 Å². The van der Waals surface area contributed by atoms with Gasteiger partial charge in [-0.25, -0.2) is 14.5 Å². The first-order valence-corrected chi connectivity index (χ1v) is 13.3. The molecule has 2 aliphatic rings. The molecule has 39 heavy (non-hydrogen) atoms. The van der Waals surface area contributed by atoms with E-state index in [4.69, 9.17) is 0 Å². The molecular weight excluding hydrogens is 497 g/mol. The molecular formula is C30H28FN5O3. The Bertz CT molecular complexity index is 1640. The van der Waals surface area contributed by atoms with E-state index in [1.54, 1.807) is 28.0 Å². The Labute approximate surface area is 224 Å². The van der Waals surface area contributed by atoms with Gasteiger partial charge in [0.05, 0.1) is 16.8 Å². The van der Waals surface area contributed by atoms with Crippen LogP contribution in [0.25, 0.3) is 10.9 Å². The third kappa shape index (κ3) is 4.92. The van der Waals surface area contributed by atoms with E-state index in [9.17, 15) is 18.8 Å². The molecule has 198 valence electrons. The molecule has 0 saturated carbocycles. The zero-order valence-corrected chi connectivity index (χ0v) is 21.5. The van der Waals surface area contributed by atoms with Crippen molar-refractivity contribution >= 4 is 22.7 Å². The summed E-state index contributed by atoms with van der Waals surface area (Å²) in [4.78, 5) is 46.3. The van der Waals surface area contributed by atoms with Gasteiger partial charge in [-0.1, -0.05) is 30.3 Å². The van der Waals surface area contributed by atoms with Crippen LogP contribution in [0.1, 0.15) is 56.1 Å². The van der Waals surface area contributed by atoms with E-state index in [2.05, 4.69) is 15.2 Å². The highest BCUT2D eigenvalue weighted by Crippen LogP contribution is 2.23. The Kier molecular flexibility index (Phi) is 6.64. The molecule has 2 amide bonds. The van der Waals surface area contributed by atoms with Crippen molar-refractivity contribution in [2.45, 2.75) is 32.1 Å². The SMILES string of the molecule is O=C(c1ccc2ccccc2n1)N1CCN(C(=O)c2cc(Cc3n[nH]c(=O)c4c3CCCC4)ccc2F)CC1. The average molecular weight is 526 g/mol. The average Bonchev–Trinajstić information content (AvgIpc) is 2.98. The third-order valence-electron chi connectivity index (χ3n) is 7.69. The lowest BCUT2D eigenvalue weighted by Crippen LogP contribution is -2.50. The van der Waals surface area contributed by atoms with Gasteiger partial charge in [-0.15, -0.1) is 0 Å². The number of nitrogens with zero attached hydrogens (tertiary/aromatic N) is 4. The van der Waals surface area contributed by atoms with Crippen LogP contribution in [0.4, 0.5) is 4.39 Å². The maximum absolute atomic E-state index is 14.8. The first-order valence-electron chi connectivity index (χ1n) is 13.3. The second-order valence-electron chi connectivity index (χ2n) is 10.1. The first-order chi connectivity index (χ1) is 19.0. The molecule has 3 heterocycles. The number of rotatable bonds is 4. The van der Waals surface area contributed by atoms with Crippen LogP contribution in [0.2, 0.25) is 0 Å². The Morgan fingerprint density at radius 2 is 1.59 bits per heavy atom. The molecule has 2 aromatic heterocycles. The summed E-state index contributed by atoms with van der Waals surface area (Å²) in [7, 11) is 0. The molecule has 0 bridgehead atoms. The van der Waals surface area contributed by atoms with Gasteiger partial charge in [0.25, 0.3) is 17.4 Å². The zero-order chi connectivity index (χ0) is 26.9. The number of hydrogen-bond donors (Lipinski definition) is 1. The minimum atomic E-state index is -0.584. The fourth-order valence-electron chi connectivity index (χ4n) is 5.54. The van der Waals surface area contributed by atoms with Gasteiger partial charge < -0.3 is 9.80 Å². The summed E-state index contributed by atoms with van der Waals surface area (Å²) in [6, 6.07) is 15.8. The van der Waals surface area contributed by atoms with Crippen LogP contribution in [-0.4, -0.2) is 63.0 Å². The quantitative estimate of drug-likeness (QED) is 0.440. The van der Waals surface area contributed by atoms with Crippen molar-refractivity contribution in [3.8, 4) is 0 Å². The zero-order valence-electron chi connectivity index (χ0n) is 21.5. The Morgan fingerprint density at radius 3 is 2.38 bits per heavy atom. The van der Waals surface area contributed by atoms with Crippen molar-refractivity contribution in [2.75, 3.05) is 26.2 Å². The molecule has 2 aromatic carbocycles. The molecule has 4 aromatic rings. The Hall–Kier alpha value is -4.40. The van der Waals surface area contributed by atoms with Crippen molar-refractivity contribution in [1.29, 1.82) is 0 Å². The van der Waals surface area contributed by atoms with Gasteiger partial charge in [0, 0.05) is 43.5 Å². The van der Waals surface area contributed by atoms with Crippen LogP contribution in [0.5, 0.6) is 0 Å². The number of pyridine rings is 1. The Morgan fingerprint density at radius 1 is 0.872 bits per heavy atom. The molecule has 1 aliphatic heterocycles. The maximum Gasteiger partial charge on any atom is 0.272 e. The third-order valence-corrected chi connectivity index (χ3v) is 7.69. The molecule has 9 heteroatoms. The lowest BCUT2D eigenvalue weighted by Gasteiger charge is -2.34. The summed E-state index contributed by atoms with van der Waals surface area (Å²) in [5.41, 5.74) is 4.27. The smallest absolute Gasteiger partial charge is 0.272 e. The molecule has 1 aliphatic carbocycles. The molecule has 0 spiro atoms. The number of aromatic amines is 1. The van der Waals surface area contributed by atoms with Crippen molar-refractivity contribution in [2.24, 2.45) is 0 Å². The van der Waals surface area contributed by atoms with E-state index in [1.807, 2.05) is 30.3 Å².